The third-order valence-electron chi connectivity index (χ3n) is 6.31. The van der Waals surface area contributed by atoms with Crippen molar-refractivity contribution in [1.29, 1.82) is 0 Å². The number of hydrogen-bond acceptors (Lipinski definition) is 0. The van der Waals surface area contributed by atoms with Gasteiger partial charge in [0, 0.05) is 0 Å². The molecule has 2 heteroatoms. The zero-order valence-electron chi connectivity index (χ0n) is 17.0. The minimum absolute atomic E-state index is 0.145. The maximum atomic E-state index is 2.57. The van der Waals surface area contributed by atoms with Gasteiger partial charge in [0.05, 0.1) is 0 Å². The van der Waals surface area contributed by atoms with Crippen LogP contribution >= 0.6 is 0 Å². The van der Waals surface area contributed by atoms with Crippen molar-refractivity contribution in [2.24, 2.45) is 0 Å². The molecule has 0 fully saturated rings. The SMILES string of the molecule is C[Si](C)(C)[C]1([Sn]([c]2ccccc2)([c]2ccccc2)[c]2ccccc2)C=CC=C1. The monoisotopic (exact) mass is 488 g/mol. The Kier molecular flexibility index (Phi) is 5.24. The van der Waals surface area contributed by atoms with Crippen LogP contribution in [0.3, 0.4) is 0 Å². The van der Waals surface area contributed by atoms with Gasteiger partial charge in [0.1, 0.15) is 0 Å². The van der Waals surface area contributed by atoms with Crippen LogP contribution < -0.4 is 10.7 Å². The van der Waals surface area contributed by atoms with Crippen LogP contribution in [0.5, 0.6) is 0 Å². The van der Waals surface area contributed by atoms with Crippen LogP contribution in [0.25, 0.3) is 0 Å². The summed E-state index contributed by atoms with van der Waals surface area (Å²) in [7, 11) is -1.64. The average Bonchev–Trinajstić information content (AvgIpc) is 3.23. The van der Waals surface area contributed by atoms with Crippen LogP contribution in [-0.2, 0) is 0 Å². The van der Waals surface area contributed by atoms with Gasteiger partial charge in [-0.25, -0.2) is 0 Å². The molecule has 4 rings (SSSR count). The van der Waals surface area contributed by atoms with Crippen LogP contribution in [0, 0.1) is 0 Å². The van der Waals surface area contributed by atoms with E-state index in [2.05, 4.69) is 135 Å². The predicted octanol–water partition coefficient (Wildman–Crippen LogP) is 4.90. The molecule has 3 aromatic rings. The number of benzene rings is 3. The summed E-state index contributed by atoms with van der Waals surface area (Å²) in [5, 5.41) is 0. The second-order valence-electron chi connectivity index (χ2n) is 8.69. The Morgan fingerprint density at radius 1 is 0.536 bits per heavy atom. The third-order valence-corrected chi connectivity index (χ3v) is 32.8. The molecule has 0 aromatic heterocycles. The van der Waals surface area contributed by atoms with Crippen molar-refractivity contribution in [1.82, 2.24) is 0 Å². The molecule has 3 aromatic carbocycles. The summed E-state index contributed by atoms with van der Waals surface area (Å²) in [5.74, 6) is 0. The van der Waals surface area contributed by atoms with Gasteiger partial charge in [-0.15, -0.1) is 0 Å². The topological polar surface area (TPSA) is 0 Å². The molecule has 0 atom stereocenters. The van der Waals surface area contributed by atoms with Crippen LogP contribution in [0.15, 0.2) is 115 Å². The molecular weight excluding hydrogens is 459 g/mol. The average molecular weight is 487 g/mol. The third kappa shape index (κ3) is 2.87. The molecule has 0 unspecified atom stereocenters. The second kappa shape index (κ2) is 7.53. The van der Waals surface area contributed by atoms with Gasteiger partial charge in [0.25, 0.3) is 0 Å². The molecule has 0 nitrogen and oxygen atoms in total. The molecule has 0 spiro atoms. The molecular formula is C26H28SiSn. The molecule has 0 radical (unpaired) electrons. The van der Waals surface area contributed by atoms with Gasteiger partial charge in [-0.2, -0.15) is 0 Å². The first-order valence-electron chi connectivity index (χ1n) is 10.1. The predicted molar refractivity (Wildman–Crippen MR) is 128 cm³/mol. The second-order valence-corrected chi connectivity index (χ2v) is 27.0. The van der Waals surface area contributed by atoms with Crippen molar-refractivity contribution in [3.05, 3.63) is 115 Å². The standard InChI is InChI=1S/C8H13Si.3C6H5.Sn/c1-9(2,3)8-6-4-5-7-8;3*1-2-4-6-5-3-1;/h4-7H,1-3H3;3*1-5H;. The fourth-order valence-electron chi connectivity index (χ4n) is 5.06. The molecule has 1 aliphatic carbocycles. The molecule has 0 aliphatic heterocycles. The summed E-state index contributed by atoms with van der Waals surface area (Å²) < 4.78 is 4.83. The molecule has 0 saturated heterocycles. The normalized spacial score (nSPS) is 15.7. The van der Waals surface area contributed by atoms with Crippen LogP contribution in [0.1, 0.15) is 0 Å². The Bertz CT molecular complexity index is 874. The zero-order chi connectivity index (χ0) is 19.7. The Balaban J connectivity index is 2.21. The number of hydrogen-bond donors (Lipinski definition) is 0. The van der Waals surface area contributed by atoms with Crippen molar-refractivity contribution >= 4 is 37.2 Å². The molecule has 1 aliphatic rings. The van der Waals surface area contributed by atoms with E-state index in [-0.39, 0.29) is 3.05 Å². The van der Waals surface area contributed by atoms with E-state index in [9.17, 15) is 0 Å². The molecule has 0 saturated carbocycles. The van der Waals surface area contributed by atoms with E-state index < -0.39 is 26.5 Å². The van der Waals surface area contributed by atoms with E-state index in [4.69, 9.17) is 0 Å². The van der Waals surface area contributed by atoms with Crippen molar-refractivity contribution < 1.29 is 0 Å². The van der Waals surface area contributed by atoms with Crippen LogP contribution in [-0.4, -0.2) is 26.5 Å². The van der Waals surface area contributed by atoms with Gasteiger partial charge >= 0.3 is 175 Å². The summed E-state index contributed by atoms with van der Waals surface area (Å²) >= 11 is -3.47. The van der Waals surface area contributed by atoms with E-state index in [0.717, 1.165) is 0 Å². The first kappa shape index (κ1) is 19.5. The van der Waals surface area contributed by atoms with E-state index in [0.29, 0.717) is 0 Å². The van der Waals surface area contributed by atoms with E-state index in [1.165, 1.54) is 0 Å². The minimum atomic E-state index is -3.47. The summed E-state index contributed by atoms with van der Waals surface area (Å²) in [6.45, 7) is 7.65. The van der Waals surface area contributed by atoms with E-state index in [1.807, 2.05) is 0 Å². The fourth-order valence-corrected chi connectivity index (χ4v) is 34.8. The summed E-state index contributed by atoms with van der Waals surface area (Å²) in [5.41, 5.74) is 0. The van der Waals surface area contributed by atoms with Crippen molar-refractivity contribution in [2.75, 3.05) is 0 Å². The molecule has 0 bridgehead atoms. The van der Waals surface area contributed by atoms with E-state index in [1.54, 1.807) is 10.7 Å². The Morgan fingerprint density at radius 2 is 0.857 bits per heavy atom. The van der Waals surface area contributed by atoms with E-state index >= 15 is 0 Å². The van der Waals surface area contributed by atoms with Gasteiger partial charge in [-0.1, -0.05) is 0 Å². The Labute approximate surface area is 174 Å². The van der Waals surface area contributed by atoms with Gasteiger partial charge in [-0.3, -0.25) is 0 Å². The van der Waals surface area contributed by atoms with Gasteiger partial charge < -0.3 is 0 Å². The van der Waals surface area contributed by atoms with Gasteiger partial charge in [0.2, 0.25) is 0 Å². The van der Waals surface area contributed by atoms with Crippen LogP contribution in [0.4, 0.5) is 0 Å². The quantitative estimate of drug-likeness (QED) is 0.450. The number of rotatable bonds is 5. The summed E-state index contributed by atoms with van der Waals surface area (Å²) in [4.78, 5) is 0. The zero-order valence-corrected chi connectivity index (χ0v) is 20.8. The molecule has 0 heterocycles. The van der Waals surface area contributed by atoms with Crippen molar-refractivity contribution in [3.63, 3.8) is 0 Å². The molecule has 140 valence electrons. The molecule has 28 heavy (non-hydrogen) atoms. The number of allylic oxidation sites excluding steroid dienone is 4. The van der Waals surface area contributed by atoms with Crippen LogP contribution in [0.2, 0.25) is 22.7 Å². The first-order valence-corrected chi connectivity index (χ1v) is 19.3. The molecule has 0 N–H and O–H groups in total. The maximum absolute atomic E-state index is 3.47. The van der Waals surface area contributed by atoms with Gasteiger partial charge in [0.15, 0.2) is 0 Å². The Hall–Kier alpha value is -1.84. The molecule has 0 amide bonds. The Morgan fingerprint density at radius 3 is 1.14 bits per heavy atom. The summed E-state index contributed by atoms with van der Waals surface area (Å²) in [6, 6.07) is 34.2. The van der Waals surface area contributed by atoms with Crippen molar-refractivity contribution in [3.8, 4) is 0 Å². The van der Waals surface area contributed by atoms with Gasteiger partial charge in [-0.05, 0) is 0 Å². The van der Waals surface area contributed by atoms with Crippen molar-refractivity contribution in [2.45, 2.75) is 22.7 Å². The summed E-state index contributed by atoms with van der Waals surface area (Å²) in [6.07, 6.45) is 9.75. The fraction of sp³-hybridized carbons (Fsp3) is 0.154. The first-order chi connectivity index (χ1) is 13.5.